The summed E-state index contributed by atoms with van der Waals surface area (Å²) in [5.41, 5.74) is 5.63. The normalized spacial score (nSPS) is 19.3. The van der Waals surface area contributed by atoms with Gasteiger partial charge in [-0.3, -0.25) is 14.7 Å². The molecule has 7 heteroatoms. The van der Waals surface area contributed by atoms with Crippen LogP contribution >= 0.6 is 0 Å². The Hall–Kier alpha value is -1.76. The fourth-order valence-corrected chi connectivity index (χ4v) is 2.87. The van der Waals surface area contributed by atoms with Crippen molar-refractivity contribution in [2.24, 2.45) is 17.6 Å². The highest BCUT2D eigenvalue weighted by molar-refractivity contribution is 5.92. The van der Waals surface area contributed by atoms with E-state index in [1.807, 2.05) is 4.90 Å². The first-order chi connectivity index (χ1) is 9.99. The maximum absolute atomic E-state index is 12.0. The molecule has 116 valence electrons. The van der Waals surface area contributed by atoms with E-state index >= 15 is 0 Å². The number of hydrogen-bond acceptors (Lipinski definition) is 5. The summed E-state index contributed by atoms with van der Waals surface area (Å²) in [6.45, 7) is 5.26. The smallest absolute Gasteiger partial charge is 0.239 e. The second-order valence-corrected chi connectivity index (χ2v) is 5.89. The molecule has 1 aromatic heterocycles. The number of aromatic amines is 1. The lowest BCUT2D eigenvalue weighted by Crippen LogP contribution is -2.46. The highest BCUT2D eigenvalue weighted by Crippen LogP contribution is 2.28. The van der Waals surface area contributed by atoms with Crippen molar-refractivity contribution in [2.45, 2.75) is 39.2 Å². The van der Waals surface area contributed by atoms with Crippen LogP contribution in [0.3, 0.4) is 0 Å². The zero-order chi connectivity index (χ0) is 15.4. The summed E-state index contributed by atoms with van der Waals surface area (Å²) in [6.07, 6.45) is 3.64. The molecule has 0 bridgehead atoms. The lowest BCUT2D eigenvalue weighted by atomic mass is 9.82. The fourth-order valence-electron chi connectivity index (χ4n) is 2.87. The van der Waals surface area contributed by atoms with Crippen molar-refractivity contribution in [3.8, 4) is 0 Å². The lowest BCUT2D eigenvalue weighted by Gasteiger charge is -2.35. The number of H-pyrrole nitrogens is 1. The Morgan fingerprint density at radius 2 is 2.10 bits per heavy atom. The number of hydrogen-bond donors (Lipinski definition) is 2. The quantitative estimate of drug-likeness (QED) is 0.773. The molecule has 0 aromatic carbocycles. The van der Waals surface area contributed by atoms with Crippen molar-refractivity contribution < 1.29 is 9.59 Å². The summed E-state index contributed by atoms with van der Waals surface area (Å²) in [5, 5.41) is 6.30. The van der Waals surface area contributed by atoms with E-state index in [1.165, 1.54) is 6.33 Å². The van der Waals surface area contributed by atoms with Gasteiger partial charge < -0.3 is 10.6 Å². The Balaban J connectivity index is 1.82. The van der Waals surface area contributed by atoms with Crippen LogP contribution in [0, 0.1) is 11.8 Å². The van der Waals surface area contributed by atoms with Gasteiger partial charge in [-0.25, -0.2) is 4.98 Å². The highest BCUT2D eigenvalue weighted by atomic mass is 16.2. The van der Waals surface area contributed by atoms with Crippen LogP contribution in [-0.2, 0) is 4.79 Å². The topological polar surface area (TPSA) is 105 Å². The SMILES string of the molecule is CC(CC(=O)c1ncn[nH]1)C1CCN(C(=O)[C@H](C)N)CC1. The molecular formula is C14H23N5O2. The zero-order valence-corrected chi connectivity index (χ0v) is 12.6. The lowest BCUT2D eigenvalue weighted by molar-refractivity contribution is -0.133. The van der Waals surface area contributed by atoms with Crippen LogP contribution in [0.2, 0.25) is 0 Å². The van der Waals surface area contributed by atoms with E-state index in [2.05, 4.69) is 22.1 Å². The average Bonchev–Trinajstić information content (AvgIpc) is 3.00. The van der Waals surface area contributed by atoms with Crippen LogP contribution in [0.15, 0.2) is 6.33 Å². The number of nitrogens with one attached hydrogen (secondary N) is 1. The maximum Gasteiger partial charge on any atom is 0.239 e. The number of aromatic nitrogens is 3. The predicted octanol–water partition coefficient (Wildman–Crippen LogP) is 0.599. The minimum atomic E-state index is -0.438. The molecule has 0 radical (unpaired) electrons. The molecule has 0 aliphatic carbocycles. The number of nitrogens with zero attached hydrogens (tertiary/aromatic N) is 3. The number of piperidine rings is 1. The van der Waals surface area contributed by atoms with Gasteiger partial charge in [-0.15, -0.1) is 0 Å². The van der Waals surface area contributed by atoms with Crippen molar-refractivity contribution in [3.05, 3.63) is 12.2 Å². The summed E-state index contributed by atoms with van der Waals surface area (Å²) in [5.74, 6) is 1.06. The zero-order valence-electron chi connectivity index (χ0n) is 12.6. The monoisotopic (exact) mass is 293 g/mol. The Morgan fingerprint density at radius 3 is 2.62 bits per heavy atom. The Labute approximate surface area is 124 Å². The van der Waals surface area contributed by atoms with Crippen molar-refractivity contribution in [2.75, 3.05) is 13.1 Å². The van der Waals surface area contributed by atoms with E-state index in [1.54, 1.807) is 6.92 Å². The minimum Gasteiger partial charge on any atom is -0.341 e. The van der Waals surface area contributed by atoms with E-state index in [9.17, 15) is 9.59 Å². The molecule has 1 aromatic rings. The highest BCUT2D eigenvalue weighted by Gasteiger charge is 2.28. The number of likely N-dealkylation sites (tertiary alicyclic amines) is 1. The van der Waals surface area contributed by atoms with Crippen LogP contribution in [-0.4, -0.2) is 50.9 Å². The number of Topliss-reactive ketones (excluding diaryl/α,β-unsaturated/α-hetero) is 1. The molecule has 2 atom stereocenters. The third-order valence-electron chi connectivity index (χ3n) is 4.23. The predicted molar refractivity (Wildman–Crippen MR) is 77.4 cm³/mol. The Kier molecular flexibility index (Phi) is 5.06. The molecule has 7 nitrogen and oxygen atoms in total. The molecule has 2 rings (SSSR count). The largest absolute Gasteiger partial charge is 0.341 e. The van der Waals surface area contributed by atoms with Gasteiger partial charge >= 0.3 is 0 Å². The molecule has 1 aliphatic rings. The van der Waals surface area contributed by atoms with Gasteiger partial charge in [0.2, 0.25) is 5.91 Å². The van der Waals surface area contributed by atoms with E-state index in [0.29, 0.717) is 18.2 Å². The van der Waals surface area contributed by atoms with E-state index < -0.39 is 6.04 Å². The Bertz CT molecular complexity index is 478. The molecule has 0 saturated carbocycles. The van der Waals surface area contributed by atoms with Crippen LogP contribution in [0.1, 0.15) is 43.7 Å². The standard InChI is InChI=1S/C14H23N5O2/c1-9(7-12(20)13-16-8-17-18-13)11-3-5-19(6-4-11)14(21)10(2)15/h8-11H,3-7,15H2,1-2H3,(H,16,17,18)/t9?,10-/m0/s1. The summed E-state index contributed by atoms with van der Waals surface area (Å²) in [7, 11) is 0. The Morgan fingerprint density at radius 1 is 1.43 bits per heavy atom. The first kappa shape index (κ1) is 15.6. The van der Waals surface area contributed by atoms with E-state index in [4.69, 9.17) is 5.73 Å². The summed E-state index contributed by atoms with van der Waals surface area (Å²) in [6, 6.07) is -0.438. The van der Waals surface area contributed by atoms with Gasteiger partial charge in [0, 0.05) is 19.5 Å². The summed E-state index contributed by atoms with van der Waals surface area (Å²) in [4.78, 5) is 29.6. The van der Waals surface area contributed by atoms with Crippen LogP contribution in [0.25, 0.3) is 0 Å². The van der Waals surface area contributed by atoms with Gasteiger partial charge in [-0.05, 0) is 31.6 Å². The second kappa shape index (κ2) is 6.80. The van der Waals surface area contributed by atoms with Crippen molar-refractivity contribution in [3.63, 3.8) is 0 Å². The van der Waals surface area contributed by atoms with Crippen LogP contribution < -0.4 is 5.73 Å². The third-order valence-corrected chi connectivity index (χ3v) is 4.23. The molecule has 3 N–H and O–H groups in total. The molecule has 21 heavy (non-hydrogen) atoms. The first-order valence-corrected chi connectivity index (χ1v) is 7.42. The van der Waals surface area contributed by atoms with Gasteiger partial charge in [0.05, 0.1) is 6.04 Å². The molecule has 2 heterocycles. The van der Waals surface area contributed by atoms with Crippen molar-refractivity contribution >= 4 is 11.7 Å². The van der Waals surface area contributed by atoms with Crippen molar-refractivity contribution in [1.82, 2.24) is 20.1 Å². The molecule has 1 aliphatic heterocycles. The van der Waals surface area contributed by atoms with Gasteiger partial charge in [-0.1, -0.05) is 6.92 Å². The number of carbonyl (C=O) groups is 2. The number of rotatable bonds is 5. The molecular weight excluding hydrogens is 270 g/mol. The second-order valence-electron chi connectivity index (χ2n) is 5.89. The molecule has 1 saturated heterocycles. The van der Waals surface area contributed by atoms with Crippen LogP contribution in [0.4, 0.5) is 0 Å². The fraction of sp³-hybridized carbons (Fsp3) is 0.714. The molecule has 1 amide bonds. The maximum atomic E-state index is 12.0. The van der Waals surface area contributed by atoms with Gasteiger partial charge in [0.1, 0.15) is 6.33 Å². The van der Waals surface area contributed by atoms with Crippen molar-refractivity contribution in [1.29, 1.82) is 0 Å². The average molecular weight is 293 g/mol. The summed E-state index contributed by atoms with van der Waals surface area (Å²) >= 11 is 0. The number of nitrogens with two attached hydrogens (primary N) is 1. The molecule has 1 fully saturated rings. The third kappa shape index (κ3) is 3.87. The van der Waals surface area contributed by atoms with Crippen LogP contribution in [0.5, 0.6) is 0 Å². The number of amides is 1. The summed E-state index contributed by atoms with van der Waals surface area (Å²) < 4.78 is 0. The van der Waals surface area contributed by atoms with Gasteiger partial charge in [0.25, 0.3) is 0 Å². The minimum absolute atomic E-state index is 0.00548. The molecule has 1 unspecified atom stereocenters. The van der Waals surface area contributed by atoms with E-state index in [-0.39, 0.29) is 17.6 Å². The van der Waals surface area contributed by atoms with Gasteiger partial charge in [-0.2, -0.15) is 5.10 Å². The first-order valence-electron chi connectivity index (χ1n) is 7.42. The van der Waals surface area contributed by atoms with E-state index in [0.717, 1.165) is 25.9 Å². The molecule has 0 spiro atoms. The van der Waals surface area contributed by atoms with Gasteiger partial charge in [0.15, 0.2) is 11.6 Å². The number of carbonyl (C=O) groups excluding carboxylic acids is 2. The number of ketones is 1.